The average Bonchev–Trinajstić information content (AvgIpc) is 3.33. The van der Waals surface area contributed by atoms with E-state index in [0.29, 0.717) is 6.04 Å². The van der Waals surface area contributed by atoms with Crippen LogP contribution in [0.15, 0.2) is 23.3 Å². The zero-order valence-corrected chi connectivity index (χ0v) is 20.2. The van der Waals surface area contributed by atoms with E-state index in [1.54, 1.807) is 17.3 Å². The molecule has 0 amide bonds. The summed E-state index contributed by atoms with van der Waals surface area (Å²) in [7, 11) is 0. The summed E-state index contributed by atoms with van der Waals surface area (Å²) in [5.74, 6) is 0. The van der Waals surface area contributed by atoms with Crippen LogP contribution in [0.1, 0.15) is 55.4 Å². The Labute approximate surface area is 184 Å². The van der Waals surface area contributed by atoms with Crippen LogP contribution in [0.3, 0.4) is 0 Å². The fourth-order valence-electron chi connectivity index (χ4n) is 4.19. The Balaban J connectivity index is 1.84. The van der Waals surface area contributed by atoms with Gasteiger partial charge in [0.1, 0.15) is 0 Å². The second-order valence-corrected chi connectivity index (χ2v) is 9.69. The monoisotopic (exact) mass is 431 g/mol. The number of rotatable bonds is 8. The molecule has 5 nitrogen and oxygen atoms in total. The van der Waals surface area contributed by atoms with Gasteiger partial charge in [0.05, 0.1) is 28.9 Å². The number of hydrogen-bond donors (Lipinski definition) is 0. The molecule has 0 fully saturated rings. The maximum atomic E-state index is 5.62. The molecule has 0 saturated carbocycles. The third-order valence-corrected chi connectivity index (χ3v) is 7.13. The summed E-state index contributed by atoms with van der Waals surface area (Å²) in [6.07, 6.45) is 6.68. The third-order valence-electron chi connectivity index (χ3n) is 5.77. The molecular weight excluding hydrogens is 398 g/mol. The van der Waals surface area contributed by atoms with Crippen LogP contribution in [0.4, 0.5) is 0 Å². The second kappa shape index (κ2) is 9.58. The van der Waals surface area contributed by atoms with Crippen molar-refractivity contribution in [2.45, 2.75) is 79.7 Å². The number of thioether (sulfide) groups is 1. The number of nitrogens with zero attached hydrogens (tertiary/aromatic N) is 5. The summed E-state index contributed by atoms with van der Waals surface area (Å²) < 4.78 is 5.29. The summed E-state index contributed by atoms with van der Waals surface area (Å²) in [6, 6.07) is 4.65. The molecule has 1 aliphatic rings. The molecule has 0 radical (unpaired) electrons. The van der Waals surface area contributed by atoms with Crippen molar-refractivity contribution < 1.29 is 0 Å². The normalized spacial score (nSPS) is 15.6. The average molecular weight is 432 g/mol. The van der Waals surface area contributed by atoms with Gasteiger partial charge in [0.15, 0.2) is 0 Å². The fourth-order valence-corrected chi connectivity index (χ4v) is 4.93. The van der Waals surface area contributed by atoms with E-state index in [1.807, 2.05) is 0 Å². The van der Waals surface area contributed by atoms with Gasteiger partial charge in [0.2, 0.25) is 0 Å². The highest BCUT2D eigenvalue weighted by Crippen LogP contribution is 2.33. The highest BCUT2D eigenvalue weighted by Gasteiger charge is 2.23. The molecule has 0 saturated heterocycles. The molecule has 0 spiro atoms. The van der Waals surface area contributed by atoms with Crippen LogP contribution in [0.25, 0.3) is 0 Å². The molecule has 1 unspecified atom stereocenters. The first-order valence-electron chi connectivity index (χ1n) is 10.3. The SMILES string of the molecule is CSC(=S)C1=C(CC(C)N(Cn2nc(C)cc2C)Cn2nc(C)cc2C)CCC1. The first-order chi connectivity index (χ1) is 13.8. The van der Waals surface area contributed by atoms with Crippen LogP contribution in [-0.2, 0) is 13.3 Å². The predicted octanol–water partition coefficient (Wildman–Crippen LogP) is 5.18. The zero-order valence-electron chi connectivity index (χ0n) is 18.5. The summed E-state index contributed by atoms with van der Waals surface area (Å²) in [5.41, 5.74) is 7.48. The van der Waals surface area contributed by atoms with Crippen molar-refractivity contribution >= 4 is 28.2 Å². The molecule has 29 heavy (non-hydrogen) atoms. The lowest BCUT2D eigenvalue weighted by atomic mass is 10.0. The van der Waals surface area contributed by atoms with Crippen LogP contribution in [-0.4, -0.2) is 41.0 Å². The van der Waals surface area contributed by atoms with Gasteiger partial charge < -0.3 is 0 Å². The van der Waals surface area contributed by atoms with Crippen LogP contribution in [0.2, 0.25) is 0 Å². The predicted molar refractivity (Wildman–Crippen MR) is 126 cm³/mol. The minimum absolute atomic E-state index is 0.371. The Bertz CT molecular complexity index is 860. The topological polar surface area (TPSA) is 38.9 Å². The molecule has 2 aromatic heterocycles. The van der Waals surface area contributed by atoms with E-state index in [0.717, 1.165) is 41.8 Å². The van der Waals surface area contributed by atoms with Gasteiger partial charge in [-0.25, -0.2) is 0 Å². The van der Waals surface area contributed by atoms with Crippen LogP contribution in [0, 0.1) is 27.7 Å². The molecule has 7 heteroatoms. The molecular formula is C22H33N5S2. The molecule has 1 atom stereocenters. The van der Waals surface area contributed by atoms with E-state index in [1.165, 1.54) is 29.8 Å². The Hall–Kier alpha value is -1.44. The first kappa shape index (κ1) is 22.2. The number of hydrogen-bond acceptors (Lipinski definition) is 5. The molecule has 2 aromatic rings. The Morgan fingerprint density at radius 2 is 1.62 bits per heavy atom. The first-order valence-corrected chi connectivity index (χ1v) is 12.0. The summed E-state index contributed by atoms with van der Waals surface area (Å²) in [5, 5.41) is 9.40. The van der Waals surface area contributed by atoms with Crippen molar-refractivity contribution in [3.8, 4) is 0 Å². The van der Waals surface area contributed by atoms with E-state index in [9.17, 15) is 0 Å². The Morgan fingerprint density at radius 3 is 2.07 bits per heavy atom. The lowest BCUT2D eigenvalue weighted by Crippen LogP contribution is -2.38. The van der Waals surface area contributed by atoms with Crippen molar-refractivity contribution in [2.24, 2.45) is 0 Å². The van der Waals surface area contributed by atoms with Crippen LogP contribution in [0.5, 0.6) is 0 Å². The molecule has 3 rings (SSSR count). The third kappa shape index (κ3) is 5.38. The van der Waals surface area contributed by atoms with E-state index in [4.69, 9.17) is 22.4 Å². The number of aromatic nitrogens is 4. The molecule has 1 aliphatic carbocycles. The van der Waals surface area contributed by atoms with Crippen molar-refractivity contribution in [1.29, 1.82) is 0 Å². The highest BCUT2D eigenvalue weighted by atomic mass is 32.2. The van der Waals surface area contributed by atoms with E-state index >= 15 is 0 Å². The van der Waals surface area contributed by atoms with Crippen molar-refractivity contribution in [3.05, 3.63) is 46.1 Å². The largest absolute Gasteiger partial charge is 0.262 e. The van der Waals surface area contributed by atoms with E-state index < -0.39 is 0 Å². The minimum atomic E-state index is 0.371. The second-order valence-electron chi connectivity index (χ2n) is 8.21. The van der Waals surface area contributed by atoms with Gasteiger partial charge in [-0.15, -0.1) is 11.8 Å². The molecule has 0 aliphatic heterocycles. The molecule has 0 bridgehead atoms. The van der Waals surface area contributed by atoms with E-state index in [2.05, 4.69) is 67.3 Å². The molecule has 0 N–H and O–H groups in total. The van der Waals surface area contributed by atoms with Crippen LogP contribution >= 0.6 is 24.0 Å². The van der Waals surface area contributed by atoms with Gasteiger partial charge >= 0.3 is 0 Å². The van der Waals surface area contributed by atoms with Crippen molar-refractivity contribution in [2.75, 3.05) is 6.26 Å². The quantitative estimate of drug-likeness (QED) is 0.539. The number of thiocarbonyl (C=S) groups is 1. The zero-order chi connectivity index (χ0) is 21.1. The Kier molecular flexibility index (Phi) is 7.35. The lowest BCUT2D eigenvalue weighted by molar-refractivity contribution is 0.102. The summed E-state index contributed by atoms with van der Waals surface area (Å²) >= 11 is 7.33. The summed E-state index contributed by atoms with van der Waals surface area (Å²) in [6.45, 7) is 12.2. The minimum Gasteiger partial charge on any atom is -0.262 e. The van der Waals surface area contributed by atoms with Gasteiger partial charge in [-0.05, 0) is 84.3 Å². The summed E-state index contributed by atoms with van der Waals surface area (Å²) in [4.78, 5) is 2.48. The van der Waals surface area contributed by atoms with Gasteiger partial charge in [-0.2, -0.15) is 10.2 Å². The van der Waals surface area contributed by atoms with Gasteiger partial charge in [0, 0.05) is 17.4 Å². The number of aryl methyl sites for hydroxylation is 4. The van der Waals surface area contributed by atoms with Crippen molar-refractivity contribution in [3.63, 3.8) is 0 Å². The maximum Gasteiger partial charge on any atom is 0.0948 e. The van der Waals surface area contributed by atoms with Crippen molar-refractivity contribution in [1.82, 2.24) is 24.5 Å². The Morgan fingerprint density at radius 1 is 1.07 bits per heavy atom. The van der Waals surface area contributed by atoms with E-state index in [-0.39, 0.29) is 0 Å². The maximum absolute atomic E-state index is 5.62. The van der Waals surface area contributed by atoms with Gasteiger partial charge in [0.25, 0.3) is 0 Å². The lowest BCUT2D eigenvalue weighted by Gasteiger charge is -2.30. The standard InChI is InChI=1S/C22H33N5S2/c1-15-10-18(4)26(23-15)13-25(14-27-19(5)11-16(2)24-27)17(3)12-20-8-7-9-21(20)22(28)29-6/h10-11,17H,7-9,12-14H2,1-6H3. The smallest absolute Gasteiger partial charge is 0.0948 e. The fraction of sp³-hybridized carbons (Fsp3) is 0.591. The van der Waals surface area contributed by atoms with Gasteiger partial charge in [-0.3, -0.25) is 14.3 Å². The van der Waals surface area contributed by atoms with Crippen LogP contribution < -0.4 is 0 Å². The van der Waals surface area contributed by atoms with Gasteiger partial charge in [-0.1, -0.05) is 17.8 Å². The molecule has 2 heterocycles. The molecule has 158 valence electrons. The molecule has 0 aromatic carbocycles. The highest BCUT2D eigenvalue weighted by molar-refractivity contribution is 8.23.